The lowest BCUT2D eigenvalue weighted by molar-refractivity contribution is -0.145. The lowest BCUT2D eigenvalue weighted by Gasteiger charge is -2.17. The first kappa shape index (κ1) is 21.8. The molecule has 8 heteroatoms. The zero-order valence-electron chi connectivity index (χ0n) is 16.8. The Kier molecular flexibility index (Phi) is 7.84. The number of carbonyl (C=O) groups excluding carboxylic acids is 2. The smallest absolute Gasteiger partial charge is 0.344 e. The molecule has 2 aromatic carbocycles. The van der Waals surface area contributed by atoms with Crippen molar-refractivity contribution in [3.05, 3.63) is 58.1 Å². The molecule has 1 heterocycles. The van der Waals surface area contributed by atoms with Crippen molar-refractivity contribution >= 4 is 39.7 Å². The monoisotopic (exact) mass is 473 g/mol. The molecule has 1 N–H and O–H groups in total. The SMILES string of the molecule is CCOC(=O)COc1ccc(/C=N\NC(=O)c2ccc(N3CCCC3)cc2)cc1Br. The van der Waals surface area contributed by atoms with Gasteiger partial charge in [0.05, 0.1) is 17.3 Å². The molecule has 0 atom stereocenters. The third-order valence-electron chi connectivity index (χ3n) is 4.59. The minimum atomic E-state index is -0.425. The van der Waals surface area contributed by atoms with Crippen molar-refractivity contribution in [2.75, 3.05) is 31.2 Å². The van der Waals surface area contributed by atoms with Crippen LogP contribution in [0.4, 0.5) is 5.69 Å². The summed E-state index contributed by atoms with van der Waals surface area (Å²) in [6.07, 6.45) is 3.97. The molecular formula is C22H24BrN3O4. The highest BCUT2D eigenvalue weighted by atomic mass is 79.9. The minimum Gasteiger partial charge on any atom is -0.481 e. The summed E-state index contributed by atoms with van der Waals surface area (Å²) < 4.78 is 10.9. The Bertz CT molecular complexity index is 909. The van der Waals surface area contributed by atoms with Crippen LogP contribution in [-0.4, -0.2) is 44.4 Å². The molecule has 0 saturated carbocycles. The third kappa shape index (κ3) is 6.06. The summed E-state index contributed by atoms with van der Waals surface area (Å²) in [6.45, 7) is 4.03. The van der Waals surface area contributed by atoms with Crippen LogP contribution >= 0.6 is 15.9 Å². The third-order valence-corrected chi connectivity index (χ3v) is 5.21. The quantitative estimate of drug-likeness (QED) is 0.358. The zero-order valence-corrected chi connectivity index (χ0v) is 18.4. The first-order valence-electron chi connectivity index (χ1n) is 9.83. The summed E-state index contributed by atoms with van der Waals surface area (Å²) in [5.41, 5.74) is 4.99. The molecule has 1 amide bonds. The van der Waals surface area contributed by atoms with Crippen molar-refractivity contribution in [1.29, 1.82) is 0 Å². The first-order valence-corrected chi connectivity index (χ1v) is 10.6. The molecule has 0 aromatic heterocycles. The highest BCUT2D eigenvalue weighted by molar-refractivity contribution is 9.10. The van der Waals surface area contributed by atoms with Gasteiger partial charge in [-0.3, -0.25) is 4.79 Å². The van der Waals surface area contributed by atoms with E-state index in [9.17, 15) is 9.59 Å². The van der Waals surface area contributed by atoms with Gasteiger partial charge in [0.25, 0.3) is 5.91 Å². The molecule has 3 rings (SSSR count). The van der Waals surface area contributed by atoms with Gasteiger partial charge in [0.1, 0.15) is 5.75 Å². The number of hydrogen-bond acceptors (Lipinski definition) is 6. The summed E-state index contributed by atoms with van der Waals surface area (Å²) in [6, 6.07) is 12.8. The first-order chi connectivity index (χ1) is 14.6. The predicted molar refractivity (Wildman–Crippen MR) is 119 cm³/mol. The molecular weight excluding hydrogens is 450 g/mol. The van der Waals surface area contributed by atoms with Crippen molar-refractivity contribution < 1.29 is 19.1 Å². The van der Waals surface area contributed by atoms with E-state index in [-0.39, 0.29) is 12.5 Å². The standard InChI is InChI=1S/C22H24BrN3O4/c1-2-29-21(27)15-30-20-10-5-16(13-19(20)23)14-24-25-22(28)17-6-8-18(9-7-17)26-11-3-4-12-26/h5-10,13-14H,2-4,11-12,15H2,1H3,(H,25,28)/b24-14-. The molecule has 1 fully saturated rings. The molecule has 158 valence electrons. The van der Waals surface area contributed by atoms with Crippen LogP contribution in [0.15, 0.2) is 52.0 Å². The maximum atomic E-state index is 12.3. The Balaban J connectivity index is 1.52. The number of hydrogen-bond donors (Lipinski definition) is 1. The molecule has 1 aliphatic rings. The lowest BCUT2D eigenvalue weighted by atomic mass is 10.2. The van der Waals surface area contributed by atoms with Crippen LogP contribution in [0.5, 0.6) is 5.75 Å². The Morgan fingerprint density at radius 3 is 2.57 bits per heavy atom. The molecule has 0 radical (unpaired) electrons. The van der Waals surface area contributed by atoms with Crippen LogP contribution in [0.2, 0.25) is 0 Å². The van der Waals surface area contributed by atoms with Crippen molar-refractivity contribution in [2.45, 2.75) is 19.8 Å². The highest BCUT2D eigenvalue weighted by Crippen LogP contribution is 2.25. The number of ether oxygens (including phenoxy) is 2. The average molecular weight is 474 g/mol. The van der Waals surface area contributed by atoms with Gasteiger partial charge in [-0.15, -0.1) is 0 Å². The van der Waals surface area contributed by atoms with Gasteiger partial charge in [-0.2, -0.15) is 5.10 Å². The van der Waals surface area contributed by atoms with Gasteiger partial charge >= 0.3 is 5.97 Å². The Hall–Kier alpha value is -2.87. The number of benzene rings is 2. The Morgan fingerprint density at radius 1 is 1.17 bits per heavy atom. The van der Waals surface area contributed by atoms with E-state index in [4.69, 9.17) is 9.47 Å². The van der Waals surface area contributed by atoms with E-state index in [0.29, 0.717) is 22.4 Å². The normalized spacial score (nSPS) is 13.5. The topological polar surface area (TPSA) is 80.2 Å². The second-order valence-corrected chi connectivity index (χ2v) is 7.58. The summed E-state index contributed by atoms with van der Waals surface area (Å²) in [4.78, 5) is 26.0. The van der Waals surface area contributed by atoms with Crippen LogP contribution < -0.4 is 15.1 Å². The van der Waals surface area contributed by atoms with Crippen LogP contribution in [0.3, 0.4) is 0 Å². The van der Waals surface area contributed by atoms with Gasteiger partial charge in [0.15, 0.2) is 6.61 Å². The molecule has 7 nitrogen and oxygen atoms in total. The van der Waals surface area contributed by atoms with Gasteiger partial charge in [0, 0.05) is 24.3 Å². The number of carbonyl (C=O) groups is 2. The second kappa shape index (κ2) is 10.8. The van der Waals surface area contributed by atoms with E-state index in [1.165, 1.54) is 19.1 Å². The maximum absolute atomic E-state index is 12.3. The largest absolute Gasteiger partial charge is 0.481 e. The van der Waals surface area contributed by atoms with Crippen molar-refractivity contribution in [3.8, 4) is 5.75 Å². The molecule has 0 spiro atoms. The minimum absolute atomic E-state index is 0.160. The van der Waals surface area contributed by atoms with Crippen LogP contribution in [-0.2, 0) is 9.53 Å². The number of nitrogens with zero attached hydrogens (tertiary/aromatic N) is 2. The number of esters is 1. The van der Waals surface area contributed by atoms with Gasteiger partial charge in [-0.1, -0.05) is 0 Å². The molecule has 0 bridgehead atoms. The fourth-order valence-electron chi connectivity index (χ4n) is 3.08. The lowest BCUT2D eigenvalue weighted by Crippen LogP contribution is -2.19. The van der Waals surface area contributed by atoms with E-state index in [1.54, 1.807) is 25.1 Å². The highest BCUT2D eigenvalue weighted by Gasteiger charge is 2.13. The van der Waals surface area contributed by atoms with Crippen molar-refractivity contribution in [3.63, 3.8) is 0 Å². The van der Waals surface area contributed by atoms with E-state index in [1.807, 2.05) is 24.3 Å². The summed E-state index contributed by atoms with van der Waals surface area (Å²) in [5.74, 6) is -0.179. The fraction of sp³-hybridized carbons (Fsp3) is 0.318. The number of rotatable bonds is 8. The van der Waals surface area contributed by atoms with Crippen molar-refractivity contribution in [1.82, 2.24) is 5.43 Å². The fourth-order valence-corrected chi connectivity index (χ4v) is 3.59. The predicted octanol–water partition coefficient (Wildman–Crippen LogP) is 3.76. The number of anilines is 1. The molecule has 1 aliphatic heterocycles. The van der Waals surface area contributed by atoms with Gasteiger partial charge in [-0.05, 0) is 83.7 Å². The molecule has 2 aromatic rings. The Labute approximate surface area is 184 Å². The average Bonchev–Trinajstić information content (AvgIpc) is 3.28. The van der Waals surface area contributed by atoms with E-state index in [0.717, 1.165) is 24.3 Å². The number of nitrogens with one attached hydrogen (secondary N) is 1. The molecule has 1 saturated heterocycles. The van der Waals surface area contributed by atoms with E-state index in [2.05, 4.69) is 31.4 Å². The van der Waals surface area contributed by atoms with Crippen LogP contribution in [0.25, 0.3) is 0 Å². The van der Waals surface area contributed by atoms with Gasteiger partial charge in [0.2, 0.25) is 0 Å². The maximum Gasteiger partial charge on any atom is 0.344 e. The number of halogens is 1. The molecule has 0 unspecified atom stereocenters. The number of hydrazone groups is 1. The summed E-state index contributed by atoms with van der Waals surface area (Å²) >= 11 is 3.40. The van der Waals surface area contributed by atoms with Gasteiger partial charge < -0.3 is 14.4 Å². The number of amides is 1. The second-order valence-electron chi connectivity index (χ2n) is 6.72. The van der Waals surface area contributed by atoms with Gasteiger partial charge in [-0.25, -0.2) is 10.2 Å². The van der Waals surface area contributed by atoms with Crippen LogP contribution in [0.1, 0.15) is 35.7 Å². The van der Waals surface area contributed by atoms with E-state index >= 15 is 0 Å². The summed E-state index contributed by atoms with van der Waals surface area (Å²) in [5, 5.41) is 4.02. The molecule has 0 aliphatic carbocycles. The van der Waals surface area contributed by atoms with Crippen LogP contribution in [0, 0.1) is 0 Å². The Morgan fingerprint density at radius 2 is 1.90 bits per heavy atom. The molecule has 30 heavy (non-hydrogen) atoms. The zero-order chi connectivity index (χ0) is 21.3. The van der Waals surface area contributed by atoms with E-state index < -0.39 is 5.97 Å². The summed E-state index contributed by atoms with van der Waals surface area (Å²) in [7, 11) is 0. The van der Waals surface area contributed by atoms with Crippen molar-refractivity contribution in [2.24, 2.45) is 5.10 Å².